The molecule has 0 unspecified atom stereocenters. The van der Waals surface area contributed by atoms with Crippen molar-refractivity contribution in [1.82, 2.24) is 4.98 Å². The van der Waals surface area contributed by atoms with Crippen LogP contribution in [0, 0.1) is 0 Å². The van der Waals surface area contributed by atoms with Crippen LogP contribution in [0.4, 0.5) is 8.78 Å². The highest BCUT2D eigenvalue weighted by molar-refractivity contribution is 9.10. The number of halogens is 4. The maximum atomic E-state index is 12.3. The normalized spacial score (nSPS) is 13.2. The first-order chi connectivity index (χ1) is 5.75. The minimum Gasteiger partial charge on any atom is -0.340 e. The molecule has 0 fully saturated rings. The number of nitrogens with one attached hydrogen (secondary N) is 1. The lowest BCUT2D eigenvalue weighted by Gasteiger charge is -2.06. The quantitative estimate of drug-likeness (QED) is 0.851. The SMILES string of the molecule is O=S(=O)(c1ccc(Br)[nH]1)C(F)(F)Cl. The van der Waals surface area contributed by atoms with E-state index in [1.807, 2.05) is 0 Å². The van der Waals surface area contributed by atoms with E-state index in [-0.39, 0.29) is 4.60 Å². The summed E-state index contributed by atoms with van der Waals surface area (Å²) >= 11 is 7.30. The molecule has 74 valence electrons. The zero-order valence-corrected chi connectivity index (χ0v) is 9.05. The van der Waals surface area contributed by atoms with Gasteiger partial charge in [-0.2, -0.15) is 8.78 Å². The number of sulfone groups is 1. The second-order valence-corrected chi connectivity index (χ2v) is 5.63. The highest BCUT2D eigenvalue weighted by atomic mass is 79.9. The molecule has 1 heterocycles. The second-order valence-electron chi connectivity index (χ2n) is 2.12. The maximum absolute atomic E-state index is 12.3. The van der Waals surface area contributed by atoms with E-state index in [1.165, 1.54) is 6.07 Å². The van der Waals surface area contributed by atoms with E-state index in [0.29, 0.717) is 0 Å². The van der Waals surface area contributed by atoms with Crippen LogP contribution in [0.5, 0.6) is 0 Å². The first-order valence-corrected chi connectivity index (χ1v) is 5.56. The zero-order chi connectivity index (χ0) is 10.3. The van der Waals surface area contributed by atoms with Gasteiger partial charge in [0.05, 0.1) is 4.60 Å². The monoisotopic (exact) mass is 293 g/mol. The van der Waals surface area contributed by atoms with Crippen molar-refractivity contribution in [2.45, 2.75) is 9.74 Å². The lowest BCUT2D eigenvalue weighted by atomic mass is 10.7. The van der Waals surface area contributed by atoms with Gasteiger partial charge < -0.3 is 4.98 Å². The Kier molecular flexibility index (Phi) is 2.70. The maximum Gasteiger partial charge on any atom is 0.428 e. The Bertz CT molecular complexity index is 410. The third kappa shape index (κ3) is 2.03. The number of aromatic amines is 1. The summed E-state index contributed by atoms with van der Waals surface area (Å²) in [5.74, 6) is 0. The lowest BCUT2D eigenvalue weighted by molar-refractivity contribution is 0.186. The highest BCUT2D eigenvalue weighted by Crippen LogP contribution is 2.32. The zero-order valence-electron chi connectivity index (χ0n) is 5.89. The van der Waals surface area contributed by atoms with Crippen LogP contribution in [-0.4, -0.2) is 18.1 Å². The number of aromatic nitrogens is 1. The van der Waals surface area contributed by atoms with Gasteiger partial charge in [0.2, 0.25) is 0 Å². The molecular weight excluding hydrogens is 291 g/mol. The molecule has 0 spiro atoms. The van der Waals surface area contributed by atoms with Crippen LogP contribution >= 0.6 is 27.5 Å². The van der Waals surface area contributed by atoms with Crippen LogP contribution in [0.25, 0.3) is 0 Å². The molecule has 0 aliphatic heterocycles. The largest absolute Gasteiger partial charge is 0.428 e. The van der Waals surface area contributed by atoms with Gasteiger partial charge in [0.15, 0.2) is 0 Å². The molecule has 0 radical (unpaired) electrons. The van der Waals surface area contributed by atoms with Crippen molar-refractivity contribution >= 4 is 37.4 Å². The molecule has 0 aromatic carbocycles. The summed E-state index contributed by atoms with van der Waals surface area (Å²) in [7, 11) is -4.81. The third-order valence-corrected chi connectivity index (χ3v) is 3.72. The van der Waals surface area contributed by atoms with Gasteiger partial charge in [-0.3, -0.25) is 0 Å². The van der Waals surface area contributed by atoms with Gasteiger partial charge in [0.1, 0.15) is 5.03 Å². The van der Waals surface area contributed by atoms with Crippen molar-refractivity contribution in [3.05, 3.63) is 16.7 Å². The minimum atomic E-state index is -4.81. The number of rotatable bonds is 2. The summed E-state index contributed by atoms with van der Waals surface area (Å²) in [4.78, 5) is 2.19. The highest BCUT2D eigenvalue weighted by Gasteiger charge is 2.44. The Morgan fingerprint density at radius 1 is 1.46 bits per heavy atom. The fourth-order valence-corrected chi connectivity index (χ4v) is 2.10. The number of hydrogen-bond acceptors (Lipinski definition) is 2. The Labute approximate surface area is 86.1 Å². The Morgan fingerprint density at radius 3 is 2.31 bits per heavy atom. The van der Waals surface area contributed by atoms with E-state index in [0.717, 1.165) is 6.07 Å². The molecule has 1 aromatic rings. The average Bonchev–Trinajstić information content (AvgIpc) is 2.33. The molecular formula is C5H3BrClF2NO2S. The molecule has 0 amide bonds. The molecule has 13 heavy (non-hydrogen) atoms. The molecule has 0 aliphatic rings. The van der Waals surface area contributed by atoms with Crippen LogP contribution in [-0.2, 0) is 9.84 Å². The van der Waals surface area contributed by atoms with Gasteiger partial charge in [-0.05, 0) is 39.7 Å². The van der Waals surface area contributed by atoms with E-state index < -0.39 is 19.6 Å². The number of H-pyrrole nitrogens is 1. The summed E-state index contributed by atoms with van der Waals surface area (Å²) in [5, 5.41) is -0.626. The van der Waals surface area contributed by atoms with Gasteiger partial charge in [-0.1, -0.05) is 0 Å². The predicted octanol–water partition coefficient (Wildman–Crippen LogP) is 2.34. The summed E-state index contributed by atoms with van der Waals surface area (Å²) in [5.41, 5.74) is 0. The van der Waals surface area contributed by atoms with Gasteiger partial charge in [0.25, 0.3) is 9.84 Å². The van der Waals surface area contributed by atoms with Gasteiger partial charge >= 0.3 is 4.71 Å². The summed E-state index contributed by atoms with van der Waals surface area (Å²) in [6.45, 7) is 0. The van der Waals surface area contributed by atoms with Crippen LogP contribution in [0.2, 0.25) is 0 Å². The second kappa shape index (κ2) is 3.21. The summed E-state index contributed by atoms with van der Waals surface area (Å²) in [6, 6.07) is 2.28. The summed E-state index contributed by atoms with van der Waals surface area (Å²) < 4.78 is 42.5. The fourth-order valence-electron chi connectivity index (χ4n) is 0.631. The van der Waals surface area contributed by atoms with Crippen LogP contribution < -0.4 is 0 Å². The molecule has 0 saturated carbocycles. The topological polar surface area (TPSA) is 49.9 Å². The van der Waals surface area contributed by atoms with Gasteiger partial charge in [-0.15, -0.1) is 0 Å². The predicted molar refractivity (Wildman–Crippen MR) is 46.5 cm³/mol. The van der Waals surface area contributed by atoms with Gasteiger partial charge in [-0.25, -0.2) is 8.42 Å². The first-order valence-electron chi connectivity index (χ1n) is 2.91. The molecule has 3 nitrogen and oxygen atoms in total. The third-order valence-electron chi connectivity index (χ3n) is 1.22. The smallest absolute Gasteiger partial charge is 0.340 e. The van der Waals surface area contributed by atoms with Crippen LogP contribution in [0.1, 0.15) is 0 Å². The van der Waals surface area contributed by atoms with Crippen LogP contribution in [0.3, 0.4) is 0 Å². The Balaban J connectivity index is 3.24. The molecule has 1 rings (SSSR count). The van der Waals surface area contributed by atoms with E-state index in [1.54, 1.807) is 0 Å². The van der Waals surface area contributed by atoms with Crippen molar-refractivity contribution in [2.75, 3.05) is 0 Å². The molecule has 0 saturated heterocycles. The lowest BCUT2D eigenvalue weighted by Crippen LogP contribution is -2.22. The van der Waals surface area contributed by atoms with E-state index >= 15 is 0 Å². The van der Waals surface area contributed by atoms with Crippen molar-refractivity contribution < 1.29 is 17.2 Å². The van der Waals surface area contributed by atoms with E-state index in [2.05, 4.69) is 32.5 Å². The van der Waals surface area contributed by atoms with Crippen molar-refractivity contribution in [3.8, 4) is 0 Å². The Morgan fingerprint density at radius 2 is 2.00 bits per heavy atom. The fraction of sp³-hybridized carbons (Fsp3) is 0.200. The van der Waals surface area contributed by atoms with E-state index in [4.69, 9.17) is 0 Å². The number of alkyl halides is 3. The van der Waals surface area contributed by atoms with Crippen molar-refractivity contribution in [1.29, 1.82) is 0 Å². The minimum absolute atomic E-state index is 0.284. The standard InChI is InChI=1S/C5H3BrClF2NO2S/c6-3-1-2-4(10-3)13(11,12)5(7,8)9/h1-2,10H. The first kappa shape index (κ1) is 10.9. The average molecular weight is 295 g/mol. The molecule has 1 aromatic heterocycles. The molecule has 0 aliphatic carbocycles. The molecule has 0 atom stereocenters. The molecule has 8 heteroatoms. The summed E-state index contributed by atoms with van der Waals surface area (Å²) in [6.07, 6.45) is 0. The van der Waals surface area contributed by atoms with Crippen LogP contribution in [0.15, 0.2) is 21.8 Å². The molecule has 1 N–H and O–H groups in total. The van der Waals surface area contributed by atoms with Crippen molar-refractivity contribution in [2.24, 2.45) is 0 Å². The van der Waals surface area contributed by atoms with E-state index in [9.17, 15) is 17.2 Å². The van der Waals surface area contributed by atoms with Gasteiger partial charge in [0, 0.05) is 0 Å². The number of hydrogen-bond donors (Lipinski definition) is 1. The Hall–Kier alpha value is -0.140. The molecule has 0 bridgehead atoms. The van der Waals surface area contributed by atoms with Crippen molar-refractivity contribution in [3.63, 3.8) is 0 Å².